The van der Waals surface area contributed by atoms with Gasteiger partial charge in [-0.2, -0.15) is 5.26 Å². The van der Waals surface area contributed by atoms with E-state index in [4.69, 9.17) is 5.26 Å². The normalized spacial score (nSPS) is 8.85. The summed E-state index contributed by atoms with van der Waals surface area (Å²) >= 11 is 0. The molecule has 0 spiro atoms. The largest absolute Gasteiger partial charge is 0.256 e. The van der Waals surface area contributed by atoms with Crippen molar-refractivity contribution >= 4 is 23.3 Å². The van der Waals surface area contributed by atoms with Crippen LogP contribution in [0, 0.1) is 11.3 Å². The zero-order valence-corrected chi connectivity index (χ0v) is 7.58. The Balaban J connectivity index is 0.000000845. The van der Waals surface area contributed by atoms with Crippen LogP contribution in [0.4, 0.5) is 0 Å². The zero-order chi connectivity index (χ0) is 8.39. The summed E-state index contributed by atoms with van der Waals surface area (Å²) in [6.45, 7) is 0. The second kappa shape index (κ2) is 3.88. The molecule has 1 heterocycles. The molecule has 0 aliphatic carbocycles. The number of aromatic nitrogens is 1. The molecule has 0 unspecified atom stereocenters. The Morgan fingerprint density at radius 2 is 2.08 bits per heavy atom. The smallest absolute Gasteiger partial charge is 0.0992 e. The number of hydrogen-bond donors (Lipinski definition) is 0. The van der Waals surface area contributed by atoms with Crippen LogP contribution in [-0.4, -0.2) is 4.98 Å². The number of fused-ring (bicyclic) bond motifs is 1. The van der Waals surface area contributed by atoms with Gasteiger partial charge in [-0.05, 0) is 18.2 Å². The zero-order valence-electron chi connectivity index (χ0n) is 6.77. The summed E-state index contributed by atoms with van der Waals surface area (Å²) in [6, 6.07) is 11.4. The highest BCUT2D eigenvalue weighted by molar-refractivity contribution is 5.85. The number of benzene rings is 1. The number of rotatable bonds is 0. The summed E-state index contributed by atoms with van der Waals surface area (Å²) in [7, 11) is 0. The van der Waals surface area contributed by atoms with Crippen molar-refractivity contribution in [3.05, 3.63) is 42.1 Å². The maximum atomic E-state index is 8.62. The van der Waals surface area contributed by atoms with E-state index in [0.717, 1.165) is 10.9 Å². The summed E-state index contributed by atoms with van der Waals surface area (Å²) < 4.78 is 0. The van der Waals surface area contributed by atoms with E-state index in [9.17, 15) is 0 Å². The minimum atomic E-state index is 0. The molecule has 0 saturated heterocycles. The fourth-order valence-corrected chi connectivity index (χ4v) is 1.14. The van der Waals surface area contributed by atoms with E-state index in [1.165, 1.54) is 0 Å². The third-order valence-electron chi connectivity index (χ3n) is 1.74. The lowest BCUT2D eigenvalue weighted by Gasteiger charge is -1.94. The summed E-state index contributed by atoms with van der Waals surface area (Å²) in [5, 5.41) is 9.69. The van der Waals surface area contributed by atoms with Crippen molar-refractivity contribution in [1.82, 2.24) is 4.98 Å². The monoisotopic (exact) mass is 190 g/mol. The maximum absolute atomic E-state index is 8.62. The van der Waals surface area contributed by atoms with E-state index < -0.39 is 0 Å². The van der Waals surface area contributed by atoms with Gasteiger partial charge in [0.1, 0.15) is 0 Å². The molecular weight excluding hydrogens is 184 g/mol. The molecule has 64 valence electrons. The molecule has 0 saturated carbocycles. The van der Waals surface area contributed by atoms with E-state index in [2.05, 4.69) is 11.1 Å². The molecule has 1 aromatic carbocycles. The van der Waals surface area contributed by atoms with Gasteiger partial charge in [-0.25, -0.2) is 0 Å². The van der Waals surface area contributed by atoms with Crippen LogP contribution in [0.5, 0.6) is 0 Å². The molecular formula is C10H7ClN2. The minimum Gasteiger partial charge on any atom is -0.256 e. The SMILES string of the molecule is Cl.N#Cc1ccc2cccnc2c1. The van der Waals surface area contributed by atoms with Crippen molar-refractivity contribution in [2.24, 2.45) is 0 Å². The molecule has 0 bridgehead atoms. The first-order valence-corrected chi connectivity index (χ1v) is 3.65. The Hall–Kier alpha value is -1.59. The van der Waals surface area contributed by atoms with E-state index in [0.29, 0.717) is 5.56 Å². The number of pyridine rings is 1. The molecule has 0 radical (unpaired) electrons. The molecule has 0 N–H and O–H groups in total. The topological polar surface area (TPSA) is 36.7 Å². The lowest BCUT2D eigenvalue weighted by Crippen LogP contribution is -1.78. The molecule has 2 aromatic rings. The van der Waals surface area contributed by atoms with Gasteiger partial charge in [-0.15, -0.1) is 12.4 Å². The maximum Gasteiger partial charge on any atom is 0.0992 e. The van der Waals surface area contributed by atoms with Crippen LogP contribution in [0.15, 0.2) is 36.5 Å². The Labute approximate surface area is 82.2 Å². The van der Waals surface area contributed by atoms with Crippen LogP contribution in [0.25, 0.3) is 10.9 Å². The molecule has 0 aliphatic heterocycles. The predicted molar refractivity (Wildman–Crippen MR) is 53.7 cm³/mol. The fraction of sp³-hybridized carbons (Fsp3) is 0. The Morgan fingerprint density at radius 1 is 1.23 bits per heavy atom. The molecule has 1 aromatic heterocycles. The molecule has 2 rings (SSSR count). The van der Waals surface area contributed by atoms with E-state index >= 15 is 0 Å². The van der Waals surface area contributed by atoms with Crippen molar-refractivity contribution in [1.29, 1.82) is 5.26 Å². The van der Waals surface area contributed by atoms with Crippen molar-refractivity contribution in [3.8, 4) is 6.07 Å². The van der Waals surface area contributed by atoms with Gasteiger partial charge < -0.3 is 0 Å². The second-order valence-electron chi connectivity index (χ2n) is 2.52. The Morgan fingerprint density at radius 3 is 2.85 bits per heavy atom. The summed E-state index contributed by atoms with van der Waals surface area (Å²) in [6.07, 6.45) is 1.73. The van der Waals surface area contributed by atoms with Crippen LogP contribution in [0.2, 0.25) is 0 Å². The lowest BCUT2D eigenvalue weighted by atomic mass is 10.1. The third-order valence-corrected chi connectivity index (χ3v) is 1.74. The van der Waals surface area contributed by atoms with Gasteiger partial charge in [0, 0.05) is 11.6 Å². The van der Waals surface area contributed by atoms with Crippen LogP contribution < -0.4 is 0 Å². The van der Waals surface area contributed by atoms with Gasteiger partial charge in [0.25, 0.3) is 0 Å². The summed E-state index contributed by atoms with van der Waals surface area (Å²) in [5.41, 5.74) is 1.53. The van der Waals surface area contributed by atoms with Gasteiger partial charge in [0.05, 0.1) is 17.1 Å². The molecule has 0 amide bonds. The fourth-order valence-electron chi connectivity index (χ4n) is 1.14. The van der Waals surface area contributed by atoms with Crippen molar-refractivity contribution < 1.29 is 0 Å². The first-order chi connectivity index (χ1) is 5.90. The van der Waals surface area contributed by atoms with Gasteiger partial charge in [0.2, 0.25) is 0 Å². The minimum absolute atomic E-state index is 0. The summed E-state index contributed by atoms with van der Waals surface area (Å²) in [5.74, 6) is 0. The Kier molecular flexibility index (Phi) is 2.84. The number of nitrogens with zero attached hydrogens (tertiary/aromatic N) is 2. The molecule has 0 atom stereocenters. The second-order valence-corrected chi connectivity index (χ2v) is 2.52. The number of halogens is 1. The molecule has 0 aliphatic rings. The standard InChI is InChI=1S/C10H6N2.ClH/c11-7-8-3-4-9-2-1-5-12-10(9)6-8;/h1-6H;1H. The van der Waals surface area contributed by atoms with Crippen LogP contribution in [0.1, 0.15) is 5.56 Å². The van der Waals surface area contributed by atoms with Gasteiger partial charge in [-0.1, -0.05) is 12.1 Å². The van der Waals surface area contributed by atoms with Gasteiger partial charge in [0.15, 0.2) is 0 Å². The van der Waals surface area contributed by atoms with E-state index in [-0.39, 0.29) is 12.4 Å². The highest BCUT2D eigenvalue weighted by Gasteiger charge is 1.93. The van der Waals surface area contributed by atoms with Gasteiger partial charge in [-0.3, -0.25) is 4.98 Å². The predicted octanol–water partition coefficient (Wildman–Crippen LogP) is 2.53. The van der Waals surface area contributed by atoms with Gasteiger partial charge >= 0.3 is 0 Å². The van der Waals surface area contributed by atoms with Crippen molar-refractivity contribution in [3.63, 3.8) is 0 Å². The first-order valence-electron chi connectivity index (χ1n) is 3.65. The van der Waals surface area contributed by atoms with E-state index in [1.54, 1.807) is 18.3 Å². The number of hydrogen-bond acceptors (Lipinski definition) is 2. The molecule has 13 heavy (non-hydrogen) atoms. The molecule has 2 nitrogen and oxygen atoms in total. The molecule has 0 fully saturated rings. The lowest BCUT2D eigenvalue weighted by molar-refractivity contribution is 1.40. The quantitative estimate of drug-likeness (QED) is 0.640. The van der Waals surface area contributed by atoms with Crippen LogP contribution in [0.3, 0.4) is 0 Å². The molecule has 3 heteroatoms. The average molecular weight is 191 g/mol. The highest BCUT2D eigenvalue weighted by atomic mass is 35.5. The van der Waals surface area contributed by atoms with Crippen LogP contribution >= 0.6 is 12.4 Å². The van der Waals surface area contributed by atoms with Crippen molar-refractivity contribution in [2.45, 2.75) is 0 Å². The van der Waals surface area contributed by atoms with Crippen molar-refractivity contribution in [2.75, 3.05) is 0 Å². The van der Waals surface area contributed by atoms with E-state index in [1.807, 2.05) is 18.2 Å². The average Bonchev–Trinajstić information content (AvgIpc) is 2.17. The highest BCUT2D eigenvalue weighted by Crippen LogP contribution is 2.11. The third kappa shape index (κ3) is 1.77. The number of nitriles is 1. The first kappa shape index (κ1) is 9.50. The Bertz CT molecular complexity index is 460. The van der Waals surface area contributed by atoms with Crippen LogP contribution in [-0.2, 0) is 0 Å². The summed E-state index contributed by atoms with van der Waals surface area (Å²) in [4.78, 5) is 4.14.